The second kappa shape index (κ2) is 10.6. The zero-order valence-electron chi connectivity index (χ0n) is 24.1. The van der Waals surface area contributed by atoms with Crippen LogP contribution in [0.5, 0.6) is 0 Å². The van der Waals surface area contributed by atoms with Crippen molar-refractivity contribution in [3.63, 3.8) is 0 Å². The first-order valence-corrected chi connectivity index (χ1v) is 10.7. The summed E-state index contributed by atoms with van der Waals surface area (Å²) in [6.45, 7) is -2.09. The molecular formula is C29H20IrN2S-2. The Labute approximate surface area is 221 Å². The van der Waals surface area contributed by atoms with E-state index in [0.29, 0.717) is 5.56 Å². The van der Waals surface area contributed by atoms with Crippen molar-refractivity contribution in [1.29, 1.82) is 0 Å². The first-order valence-electron chi connectivity index (χ1n) is 13.4. The van der Waals surface area contributed by atoms with Gasteiger partial charge >= 0.3 is 0 Å². The van der Waals surface area contributed by atoms with Crippen LogP contribution >= 0.6 is 11.3 Å². The predicted octanol–water partition coefficient (Wildman–Crippen LogP) is 7.77. The van der Waals surface area contributed by atoms with Gasteiger partial charge < -0.3 is 9.97 Å². The van der Waals surface area contributed by atoms with E-state index >= 15 is 0 Å². The van der Waals surface area contributed by atoms with Crippen LogP contribution in [0.2, 0.25) is 0 Å². The minimum absolute atomic E-state index is 0. The van der Waals surface area contributed by atoms with Crippen molar-refractivity contribution in [2.75, 3.05) is 0 Å². The number of hydrogen-bond donors (Lipinski definition) is 0. The molecule has 0 aliphatic carbocycles. The van der Waals surface area contributed by atoms with E-state index in [1.165, 1.54) is 6.20 Å². The molecule has 0 N–H and O–H groups in total. The summed E-state index contributed by atoms with van der Waals surface area (Å²) < 4.78 is 55.3. The zero-order chi connectivity index (χ0) is 27.7. The number of thiophene rings is 1. The van der Waals surface area contributed by atoms with Gasteiger partial charge in [0.15, 0.2) is 0 Å². The van der Waals surface area contributed by atoms with E-state index in [9.17, 15) is 0 Å². The Hall–Kier alpha value is -3.17. The molecule has 0 unspecified atom stereocenters. The van der Waals surface area contributed by atoms with Crippen molar-refractivity contribution >= 4 is 31.5 Å². The number of benzene rings is 3. The molecule has 3 heterocycles. The first kappa shape index (κ1) is 15.6. The summed E-state index contributed by atoms with van der Waals surface area (Å²) in [4.78, 5) is 8.21. The first-order chi connectivity index (χ1) is 18.6. The van der Waals surface area contributed by atoms with Gasteiger partial charge in [-0.25, -0.2) is 0 Å². The molecule has 33 heavy (non-hydrogen) atoms. The summed E-state index contributed by atoms with van der Waals surface area (Å²) in [6, 6.07) is 27.9. The number of aryl methyl sites for hydroxylation is 1. The van der Waals surface area contributed by atoms with Crippen molar-refractivity contribution in [2.24, 2.45) is 0 Å². The summed E-state index contributed by atoms with van der Waals surface area (Å²) in [5, 5.41) is 1.99. The molecule has 0 spiro atoms. The van der Waals surface area contributed by atoms with Gasteiger partial charge in [0.05, 0.1) is 5.48 Å². The molecular weight excluding hydrogens is 601 g/mol. The van der Waals surface area contributed by atoms with Crippen LogP contribution in [0.15, 0.2) is 103 Å². The molecule has 0 fully saturated rings. The molecule has 0 amide bonds. The van der Waals surface area contributed by atoms with Gasteiger partial charge in [0.25, 0.3) is 0 Å². The quantitative estimate of drug-likeness (QED) is 0.183. The van der Waals surface area contributed by atoms with Crippen molar-refractivity contribution in [3.05, 3.63) is 121 Å². The van der Waals surface area contributed by atoms with Gasteiger partial charge in [-0.1, -0.05) is 47.8 Å². The van der Waals surface area contributed by atoms with Crippen LogP contribution in [0.1, 0.15) is 15.2 Å². The smallest absolute Gasteiger partial charge is 0.0830 e. The van der Waals surface area contributed by atoms with E-state index in [0.717, 1.165) is 31.4 Å². The number of pyridine rings is 2. The van der Waals surface area contributed by atoms with E-state index in [2.05, 4.69) is 22.1 Å². The van der Waals surface area contributed by atoms with Crippen LogP contribution in [0.3, 0.4) is 0 Å². The third kappa shape index (κ3) is 5.09. The van der Waals surface area contributed by atoms with Gasteiger partial charge in [0.1, 0.15) is 0 Å². The molecule has 0 aliphatic heterocycles. The van der Waals surface area contributed by atoms with Crippen molar-refractivity contribution < 1.29 is 29.7 Å². The van der Waals surface area contributed by atoms with Gasteiger partial charge in [-0.2, -0.15) is 11.3 Å². The van der Waals surface area contributed by atoms with Crippen LogP contribution in [0.25, 0.3) is 42.7 Å². The molecule has 163 valence electrons. The van der Waals surface area contributed by atoms with Crippen LogP contribution in [0, 0.1) is 19.0 Å². The van der Waals surface area contributed by atoms with Gasteiger partial charge in [-0.05, 0) is 46.0 Å². The van der Waals surface area contributed by atoms with E-state index in [4.69, 9.17) is 9.60 Å². The minimum Gasteiger partial charge on any atom is -0.305 e. The fourth-order valence-electron chi connectivity index (χ4n) is 3.35. The normalized spacial score (nSPS) is 13.8. The maximum Gasteiger partial charge on any atom is 0.0830 e. The van der Waals surface area contributed by atoms with Gasteiger partial charge in [-0.3, -0.25) is 0 Å². The molecule has 4 heteroatoms. The van der Waals surface area contributed by atoms with E-state index in [-0.39, 0.29) is 55.7 Å². The fourth-order valence-corrected chi connectivity index (χ4v) is 4.47. The molecule has 0 atom stereocenters. The molecule has 3 aromatic heterocycles. The molecule has 0 aliphatic rings. The Balaban J connectivity index is 0.000000192. The van der Waals surface area contributed by atoms with Gasteiger partial charge in [-0.15, -0.1) is 59.7 Å². The van der Waals surface area contributed by atoms with E-state index < -0.39 is 6.85 Å². The summed E-state index contributed by atoms with van der Waals surface area (Å²) in [7, 11) is 0. The zero-order valence-corrected chi connectivity index (χ0v) is 20.4. The minimum atomic E-state index is -2.09. The average Bonchev–Trinajstić information content (AvgIpc) is 3.33. The van der Waals surface area contributed by atoms with Crippen LogP contribution in [0.4, 0.5) is 0 Å². The predicted molar refractivity (Wildman–Crippen MR) is 135 cm³/mol. The Morgan fingerprint density at radius 2 is 1.76 bits per heavy atom. The van der Waals surface area contributed by atoms with Crippen molar-refractivity contribution in [1.82, 2.24) is 9.97 Å². The largest absolute Gasteiger partial charge is 0.305 e. The van der Waals surface area contributed by atoms with Crippen LogP contribution in [-0.4, -0.2) is 9.97 Å². The number of hydrogen-bond acceptors (Lipinski definition) is 3. The average molecular weight is 628 g/mol. The summed E-state index contributed by atoms with van der Waals surface area (Å²) in [5.74, 6) is 0. The second-order valence-corrected chi connectivity index (χ2v) is 7.93. The Bertz CT molecular complexity index is 1790. The Kier molecular flexibility index (Phi) is 5.03. The molecule has 6 aromatic rings. The number of nitrogens with zero attached hydrogens (tertiary/aromatic N) is 2. The van der Waals surface area contributed by atoms with Gasteiger partial charge in [0, 0.05) is 41.3 Å². The SMILES string of the molecule is [2H]C([2H])([2H])c1ccc(-c2[c-]cccc2)nc1.[2H]c1nc(-c2[c-]ccc3sc4ccccc4c23)c([2H])c([2H])c1[2H].[Ir]. The third-order valence-electron chi connectivity index (χ3n) is 4.79. The molecule has 0 saturated heterocycles. The van der Waals surface area contributed by atoms with Crippen molar-refractivity contribution in [3.8, 4) is 22.5 Å². The summed E-state index contributed by atoms with van der Waals surface area (Å²) in [6.07, 6.45) is 1.11. The Morgan fingerprint density at radius 1 is 0.848 bits per heavy atom. The summed E-state index contributed by atoms with van der Waals surface area (Å²) in [5.41, 5.74) is 2.71. The third-order valence-corrected chi connectivity index (χ3v) is 5.92. The molecule has 6 rings (SSSR count). The monoisotopic (exact) mass is 628 g/mol. The molecule has 1 radical (unpaired) electrons. The summed E-state index contributed by atoms with van der Waals surface area (Å²) >= 11 is 1.65. The van der Waals surface area contributed by atoms with Crippen LogP contribution in [-0.2, 0) is 20.1 Å². The van der Waals surface area contributed by atoms with Gasteiger partial charge in [0.2, 0.25) is 0 Å². The fraction of sp³-hybridized carbons (Fsp3) is 0.0345. The van der Waals surface area contributed by atoms with Crippen molar-refractivity contribution in [2.45, 2.75) is 6.85 Å². The topological polar surface area (TPSA) is 25.8 Å². The Morgan fingerprint density at radius 3 is 2.58 bits per heavy atom. The standard InChI is InChI=1S/C17H10NS.C12H10N.Ir/c1-2-9-15-13(6-1)17-12(7-5-10-16(17)19-15)14-8-3-4-11-18-14;1-10-7-8-12(13-9-10)11-5-3-2-4-6-11;/h1-6,8-11H;2-5,7-9H,1H3;/q2*-1;/i3D,4D,8D,11D;1D3;. The second-order valence-electron chi connectivity index (χ2n) is 6.85. The van der Waals surface area contributed by atoms with E-state index in [1.807, 2.05) is 48.5 Å². The number of aromatic nitrogens is 2. The van der Waals surface area contributed by atoms with Crippen LogP contribution < -0.4 is 0 Å². The molecule has 0 bridgehead atoms. The molecule has 3 aromatic carbocycles. The maximum absolute atomic E-state index is 8.14. The number of rotatable bonds is 2. The van der Waals surface area contributed by atoms with E-state index in [1.54, 1.807) is 35.6 Å². The maximum atomic E-state index is 8.14. The molecule has 2 nitrogen and oxygen atoms in total. The number of fused-ring (bicyclic) bond motifs is 3. The molecule has 0 saturated carbocycles.